The number of carbonyl (C=O) groups excluding carboxylic acids is 1. The fourth-order valence-corrected chi connectivity index (χ4v) is 1.53. The number of rotatable bonds is 2. The van der Waals surface area contributed by atoms with Gasteiger partial charge in [-0.05, 0) is 22.8 Å². The van der Waals surface area contributed by atoms with E-state index in [2.05, 4.69) is 0 Å². The maximum Gasteiger partial charge on any atom is 0.384 e. The van der Waals surface area contributed by atoms with Crippen molar-refractivity contribution >= 4 is 36.8 Å². The molecule has 0 fully saturated rings. The first-order valence-corrected chi connectivity index (χ1v) is 6.02. The van der Waals surface area contributed by atoms with Gasteiger partial charge in [-0.2, -0.15) is 0 Å². The Bertz CT molecular complexity index is 253. The summed E-state index contributed by atoms with van der Waals surface area (Å²) in [6, 6.07) is 8.84. The first kappa shape index (κ1) is 9.77. The van der Waals surface area contributed by atoms with E-state index in [0.717, 1.165) is 20.8 Å². The van der Waals surface area contributed by atoms with Crippen LogP contribution in [-0.4, -0.2) is 5.30 Å². The molecular formula is C7H5ClO2S2. The molecule has 0 atom stereocenters. The zero-order valence-electron chi connectivity index (χ0n) is 5.90. The van der Waals surface area contributed by atoms with E-state index in [4.69, 9.17) is 15.4 Å². The molecule has 0 spiro atoms. The lowest BCUT2D eigenvalue weighted by Gasteiger charge is -1.99. The Balaban J connectivity index is 2.47. The Labute approximate surface area is 82.5 Å². The quantitative estimate of drug-likeness (QED) is 0.561. The highest BCUT2D eigenvalue weighted by molar-refractivity contribution is 8.89. The highest BCUT2D eigenvalue weighted by Gasteiger charge is 2.03. The van der Waals surface area contributed by atoms with Crippen molar-refractivity contribution in [1.29, 1.82) is 0 Å². The van der Waals surface area contributed by atoms with Gasteiger partial charge in [-0.25, -0.2) is 4.79 Å². The van der Waals surface area contributed by atoms with Crippen molar-refractivity contribution in [2.45, 2.75) is 0 Å². The second-order valence-electron chi connectivity index (χ2n) is 1.81. The number of hydrogen-bond donors (Lipinski definition) is 0. The minimum absolute atomic E-state index is 0.416. The van der Waals surface area contributed by atoms with Crippen LogP contribution in [0.15, 0.2) is 30.3 Å². The van der Waals surface area contributed by atoms with E-state index in [9.17, 15) is 4.79 Å². The van der Waals surface area contributed by atoms with Crippen molar-refractivity contribution in [3.8, 4) is 5.75 Å². The molecule has 0 aliphatic carbocycles. The van der Waals surface area contributed by atoms with Crippen LogP contribution in [-0.2, 0) is 0 Å². The molecule has 0 unspecified atom stereocenters. The van der Waals surface area contributed by atoms with Gasteiger partial charge >= 0.3 is 5.30 Å². The number of benzene rings is 1. The van der Waals surface area contributed by atoms with E-state index in [1.807, 2.05) is 6.07 Å². The molecule has 12 heavy (non-hydrogen) atoms. The van der Waals surface area contributed by atoms with Gasteiger partial charge in [-0.15, -0.1) is 0 Å². The summed E-state index contributed by atoms with van der Waals surface area (Å²) in [4.78, 5) is 10.8. The number of ether oxygens (including phenoxy) is 1. The Kier molecular flexibility index (Phi) is 4.35. The fraction of sp³-hybridized carbons (Fsp3) is 0. The summed E-state index contributed by atoms with van der Waals surface area (Å²) < 4.78 is 4.87. The molecule has 2 nitrogen and oxygen atoms in total. The van der Waals surface area contributed by atoms with E-state index in [0.29, 0.717) is 5.75 Å². The summed E-state index contributed by atoms with van der Waals surface area (Å²) in [5, 5.41) is -0.416. The number of para-hydroxylation sites is 1. The lowest BCUT2D eigenvalue weighted by molar-refractivity contribution is 0.227. The van der Waals surface area contributed by atoms with Crippen LogP contribution >= 0.6 is 31.5 Å². The van der Waals surface area contributed by atoms with Crippen LogP contribution in [0.4, 0.5) is 4.79 Å². The van der Waals surface area contributed by atoms with Gasteiger partial charge in [0, 0.05) is 20.8 Å². The number of halogens is 1. The highest BCUT2D eigenvalue weighted by atomic mass is 35.7. The molecule has 0 radical (unpaired) electrons. The van der Waals surface area contributed by atoms with Gasteiger partial charge in [0.1, 0.15) is 5.75 Å². The third kappa shape index (κ3) is 3.38. The van der Waals surface area contributed by atoms with Crippen LogP contribution < -0.4 is 4.74 Å². The van der Waals surface area contributed by atoms with Gasteiger partial charge in [0.25, 0.3) is 0 Å². The molecule has 1 aromatic carbocycles. The summed E-state index contributed by atoms with van der Waals surface area (Å²) in [6.45, 7) is 0. The molecule has 0 saturated heterocycles. The van der Waals surface area contributed by atoms with Gasteiger partial charge in [0.2, 0.25) is 0 Å². The molecule has 0 heterocycles. The molecule has 0 amide bonds. The first-order valence-electron chi connectivity index (χ1n) is 3.05. The lowest BCUT2D eigenvalue weighted by Crippen LogP contribution is -1.97. The van der Waals surface area contributed by atoms with Crippen molar-refractivity contribution in [3.63, 3.8) is 0 Å². The largest absolute Gasteiger partial charge is 0.418 e. The molecular weight excluding hydrogens is 216 g/mol. The smallest absolute Gasteiger partial charge is 0.384 e. The van der Waals surface area contributed by atoms with Crippen molar-refractivity contribution in [3.05, 3.63) is 30.3 Å². The molecule has 64 valence electrons. The molecule has 0 aliphatic rings. The second-order valence-corrected chi connectivity index (χ2v) is 4.45. The van der Waals surface area contributed by atoms with Crippen molar-refractivity contribution < 1.29 is 9.53 Å². The SMILES string of the molecule is O=C(Oc1ccccc1)SSCl. The predicted octanol–water partition coefficient (Wildman–Crippen LogP) is 3.72. The highest BCUT2D eigenvalue weighted by Crippen LogP contribution is 2.27. The Morgan fingerprint density at radius 2 is 2.00 bits per heavy atom. The van der Waals surface area contributed by atoms with E-state index < -0.39 is 5.30 Å². The maximum atomic E-state index is 10.8. The monoisotopic (exact) mass is 220 g/mol. The minimum atomic E-state index is -0.416. The van der Waals surface area contributed by atoms with Crippen molar-refractivity contribution in [1.82, 2.24) is 0 Å². The Morgan fingerprint density at radius 3 is 2.58 bits per heavy atom. The topological polar surface area (TPSA) is 26.3 Å². The summed E-state index contributed by atoms with van der Waals surface area (Å²) >= 11 is 0. The van der Waals surface area contributed by atoms with Crippen LogP contribution in [0.3, 0.4) is 0 Å². The van der Waals surface area contributed by atoms with Crippen molar-refractivity contribution in [2.24, 2.45) is 0 Å². The van der Waals surface area contributed by atoms with Gasteiger partial charge in [-0.1, -0.05) is 18.2 Å². The van der Waals surface area contributed by atoms with E-state index in [-0.39, 0.29) is 0 Å². The zero-order valence-corrected chi connectivity index (χ0v) is 8.29. The van der Waals surface area contributed by atoms with E-state index in [1.54, 1.807) is 24.3 Å². The van der Waals surface area contributed by atoms with Crippen LogP contribution in [0.5, 0.6) is 5.75 Å². The molecule has 1 rings (SSSR count). The van der Waals surface area contributed by atoms with Crippen LogP contribution in [0, 0.1) is 0 Å². The maximum absolute atomic E-state index is 10.8. The average molecular weight is 221 g/mol. The standard InChI is InChI=1S/C7H5ClO2S2/c8-12-11-7(9)10-6-4-2-1-3-5-6/h1-5H. The zero-order chi connectivity index (χ0) is 8.81. The van der Waals surface area contributed by atoms with Gasteiger partial charge in [-0.3, -0.25) is 0 Å². The Morgan fingerprint density at radius 1 is 1.33 bits per heavy atom. The summed E-state index contributed by atoms with van der Waals surface area (Å²) in [5.74, 6) is 0.528. The predicted molar refractivity (Wildman–Crippen MR) is 53.5 cm³/mol. The molecule has 5 heteroatoms. The summed E-state index contributed by atoms with van der Waals surface area (Å²) in [6.07, 6.45) is 0. The molecule has 0 saturated carbocycles. The van der Waals surface area contributed by atoms with Crippen LogP contribution in [0.2, 0.25) is 0 Å². The lowest BCUT2D eigenvalue weighted by atomic mass is 10.3. The van der Waals surface area contributed by atoms with Gasteiger partial charge < -0.3 is 4.74 Å². The van der Waals surface area contributed by atoms with E-state index >= 15 is 0 Å². The number of hydrogen-bond acceptors (Lipinski definition) is 4. The first-order chi connectivity index (χ1) is 5.83. The third-order valence-electron chi connectivity index (χ3n) is 1.04. The third-order valence-corrected chi connectivity index (χ3v) is 2.49. The molecule has 0 aliphatic heterocycles. The van der Waals surface area contributed by atoms with Crippen LogP contribution in [0.1, 0.15) is 0 Å². The minimum Gasteiger partial charge on any atom is -0.418 e. The van der Waals surface area contributed by atoms with Crippen molar-refractivity contribution in [2.75, 3.05) is 0 Å². The molecule has 1 aromatic rings. The van der Waals surface area contributed by atoms with E-state index in [1.165, 1.54) is 0 Å². The second kappa shape index (κ2) is 5.35. The normalized spacial score (nSPS) is 9.42. The fourth-order valence-electron chi connectivity index (χ4n) is 0.627. The molecule has 0 aromatic heterocycles. The van der Waals surface area contributed by atoms with Gasteiger partial charge in [0.15, 0.2) is 0 Å². The molecule has 0 N–H and O–H groups in total. The summed E-state index contributed by atoms with van der Waals surface area (Å²) in [5.41, 5.74) is 0. The van der Waals surface area contributed by atoms with Crippen LogP contribution in [0.25, 0.3) is 0 Å². The molecule has 0 bridgehead atoms. The van der Waals surface area contributed by atoms with Gasteiger partial charge in [0.05, 0.1) is 0 Å². The Hall–Kier alpha value is -0.320. The summed E-state index contributed by atoms with van der Waals surface area (Å²) in [7, 11) is 6.93. The average Bonchev–Trinajstić information content (AvgIpc) is 2.06. The number of carbonyl (C=O) groups is 1.